The molecule has 1 aromatic carbocycles. The summed E-state index contributed by atoms with van der Waals surface area (Å²) in [5.41, 5.74) is 0.639. The lowest BCUT2D eigenvalue weighted by Gasteiger charge is -2.31. The second-order valence-corrected chi connectivity index (χ2v) is 5.23. The summed E-state index contributed by atoms with van der Waals surface area (Å²) in [7, 11) is 0. The average molecular weight is 240 g/mol. The third-order valence-electron chi connectivity index (χ3n) is 3.62. The van der Waals surface area contributed by atoms with Gasteiger partial charge in [-0.1, -0.05) is 6.92 Å². The van der Waals surface area contributed by atoms with Crippen LogP contribution in [0.2, 0.25) is 0 Å². The number of rotatable bonds is 2. The first kappa shape index (κ1) is 12.5. The van der Waals surface area contributed by atoms with Crippen LogP contribution in [0.1, 0.15) is 31.7 Å². The molecule has 3 unspecified atom stereocenters. The van der Waals surface area contributed by atoms with E-state index in [1.807, 2.05) is 0 Å². The molecular formula is C14H18F2O. The van der Waals surface area contributed by atoms with E-state index >= 15 is 0 Å². The predicted octanol–water partition coefficient (Wildman–Crippen LogP) is 3.30. The highest BCUT2D eigenvalue weighted by atomic mass is 19.1. The van der Waals surface area contributed by atoms with E-state index in [1.165, 1.54) is 12.1 Å². The molecule has 0 aliphatic heterocycles. The smallest absolute Gasteiger partial charge is 0.126 e. The first-order valence-corrected chi connectivity index (χ1v) is 6.17. The highest BCUT2D eigenvalue weighted by molar-refractivity contribution is 5.18. The second-order valence-electron chi connectivity index (χ2n) is 5.23. The molecule has 0 radical (unpaired) electrons. The van der Waals surface area contributed by atoms with Gasteiger partial charge in [-0.05, 0) is 55.2 Å². The van der Waals surface area contributed by atoms with E-state index in [2.05, 4.69) is 6.92 Å². The maximum atomic E-state index is 13.1. The fourth-order valence-corrected chi connectivity index (χ4v) is 2.73. The quantitative estimate of drug-likeness (QED) is 0.841. The molecule has 2 rings (SSSR count). The van der Waals surface area contributed by atoms with Crippen molar-refractivity contribution in [2.45, 2.75) is 38.7 Å². The normalized spacial score (nSPS) is 29.3. The molecule has 3 atom stereocenters. The average Bonchev–Trinajstić information content (AvgIpc) is 2.22. The molecule has 0 aromatic heterocycles. The largest absolute Gasteiger partial charge is 0.393 e. The van der Waals surface area contributed by atoms with Crippen LogP contribution >= 0.6 is 0 Å². The Bertz CT molecular complexity index is 372. The SMILES string of the molecule is CC1CCC(O)C(Cc2cc(F)cc(F)c2)C1. The van der Waals surface area contributed by atoms with Crippen molar-refractivity contribution in [3.8, 4) is 0 Å². The fourth-order valence-electron chi connectivity index (χ4n) is 2.73. The number of hydrogen-bond acceptors (Lipinski definition) is 1. The lowest BCUT2D eigenvalue weighted by molar-refractivity contribution is 0.0519. The molecule has 0 spiro atoms. The first-order chi connectivity index (χ1) is 8.04. The molecule has 0 saturated heterocycles. The highest BCUT2D eigenvalue weighted by Gasteiger charge is 2.27. The molecule has 0 bridgehead atoms. The molecule has 1 saturated carbocycles. The number of aliphatic hydroxyl groups excluding tert-OH is 1. The molecule has 1 N–H and O–H groups in total. The zero-order valence-electron chi connectivity index (χ0n) is 10.00. The monoisotopic (exact) mass is 240 g/mol. The first-order valence-electron chi connectivity index (χ1n) is 6.17. The molecule has 1 aliphatic carbocycles. The number of aliphatic hydroxyl groups is 1. The summed E-state index contributed by atoms with van der Waals surface area (Å²) in [6.45, 7) is 2.16. The van der Waals surface area contributed by atoms with Gasteiger partial charge in [-0.2, -0.15) is 0 Å². The van der Waals surface area contributed by atoms with Gasteiger partial charge < -0.3 is 5.11 Å². The zero-order chi connectivity index (χ0) is 12.4. The summed E-state index contributed by atoms with van der Waals surface area (Å²) >= 11 is 0. The molecule has 1 fully saturated rings. The van der Waals surface area contributed by atoms with Crippen LogP contribution in [0.3, 0.4) is 0 Å². The molecular weight excluding hydrogens is 222 g/mol. The topological polar surface area (TPSA) is 20.2 Å². The standard InChI is InChI=1S/C14H18F2O/c1-9-2-3-14(17)11(4-9)5-10-6-12(15)8-13(16)7-10/h6-9,11,14,17H,2-5H2,1H3. The third-order valence-corrected chi connectivity index (χ3v) is 3.62. The van der Waals surface area contributed by atoms with Crippen molar-refractivity contribution in [2.75, 3.05) is 0 Å². The minimum atomic E-state index is -0.543. The van der Waals surface area contributed by atoms with Crippen LogP contribution in [-0.2, 0) is 6.42 Å². The van der Waals surface area contributed by atoms with Gasteiger partial charge in [0, 0.05) is 6.07 Å². The Balaban J connectivity index is 2.08. The van der Waals surface area contributed by atoms with E-state index in [-0.39, 0.29) is 12.0 Å². The maximum Gasteiger partial charge on any atom is 0.126 e. The Hall–Kier alpha value is -0.960. The molecule has 0 amide bonds. The van der Waals surface area contributed by atoms with Gasteiger partial charge in [-0.25, -0.2) is 8.78 Å². The van der Waals surface area contributed by atoms with Crippen molar-refractivity contribution in [3.05, 3.63) is 35.4 Å². The van der Waals surface area contributed by atoms with Crippen LogP contribution in [-0.4, -0.2) is 11.2 Å². The molecule has 17 heavy (non-hydrogen) atoms. The van der Waals surface area contributed by atoms with Gasteiger partial charge in [0.2, 0.25) is 0 Å². The van der Waals surface area contributed by atoms with E-state index in [0.29, 0.717) is 17.9 Å². The van der Waals surface area contributed by atoms with Crippen molar-refractivity contribution in [2.24, 2.45) is 11.8 Å². The summed E-state index contributed by atoms with van der Waals surface area (Å²) in [5.74, 6) is -0.376. The van der Waals surface area contributed by atoms with Crippen molar-refractivity contribution in [1.29, 1.82) is 0 Å². The third kappa shape index (κ3) is 3.25. The van der Waals surface area contributed by atoms with Crippen LogP contribution in [0.5, 0.6) is 0 Å². The summed E-state index contributed by atoms with van der Waals surface area (Å²) < 4.78 is 26.1. The maximum absolute atomic E-state index is 13.1. The van der Waals surface area contributed by atoms with Crippen LogP contribution < -0.4 is 0 Å². The number of halogens is 2. The Kier molecular flexibility index (Phi) is 3.77. The van der Waals surface area contributed by atoms with Crippen molar-refractivity contribution in [1.82, 2.24) is 0 Å². The lowest BCUT2D eigenvalue weighted by atomic mass is 9.77. The zero-order valence-corrected chi connectivity index (χ0v) is 10.00. The van der Waals surface area contributed by atoms with E-state index in [1.54, 1.807) is 0 Å². The van der Waals surface area contributed by atoms with Gasteiger partial charge in [-0.3, -0.25) is 0 Å². The Labute approximate surface area is 100 Å². The minimum absolute atomic E-state index is 0.125. The van der Waals surface area contributed by atoms with Crippen molar-refractivity contribution in [3.63, 3.8) is 0 Å². The Morgan fingerprint density at radius 2 is 1.82 bits per heavy atom. The number of hydrogen-bond donors (Lipinski definition) is 1. The van der Waals surface area contributed by atoms with Crippen molar-refractivity contribution >= 4 is 0 Å². The van der Waals surface area contributed by atoms with Gasteiger partial charge in [0.25, 0.3) is 0 Å². The van der Waals surface area contributed by atoms with Crippen LogP contribution in [0.15, 0.2) is 18.2 Å². The second kappa shape index (κ2) is 5.13. The van der Waals surface area contributed by atoms with E-state index in [4.69, 9.17) is 0 Å². The van der Waals surface area contributed by atoms with Crippen LogP contribution in [0.25, 0.3) is 0 Å². The van der Waals surface area contributed by atoms with Crippen LogP contribution in [0.4, 0.5) is 8.78 Å². The summed E-state index contributed by atoms with van der Waals surface area (Å²) in [4.78, 5) is 0. The van der Waals surface area contributed by atoms with Gasteiger partial charge >= 0.3 is 0 Å². The molecule has 1 nitrogen and oxygen atoms in total. The number of benzene rings is 1. The highest BCUT2D eigenvalue weighted by Crippen LogP contribution is 2.31. The van der Waals surface area contributed by atoms with Crippen LogP contribution in [0, 0.1) is 23.5 Å². The fraction of sp³-hybridized carbons (Fsp3) is 0.571. The lowest BCUT2D eigenvalue weighted by Crippen LogP contribution is -2.29. The van der Waals surface area contributed by atoms with Gasteiger partial charge in [0.15, 0.2) is 0 Å². The molecule has 1 aromatic rings. The van der Waals surface area contributed by atoms with E-state index in [9.17, 15) is 13.9 Å². The van der Waals surface area contributed by atoms with Gasteiger partial charge in [0.1, 0.15) is 11.6 Å². The van der Waals surface area contributed by atoms with Gasteiger partial charge in [0.05, 0.1) is 6.10 Å². The Morgan fingerprint density at radius 3 is 2.47 bits per heavy atom. The van der Waals surface area contributed by atoms with Gasteiger partial charge in [-0.15, -0.1) is 0 Å². The molecule has 0 heterocycles. The summed E-state index contributed by atoms with van der Waals surface area (Å²) in [6, 6.07) is 3.59. The Morgan fingerprint density at radius 1 is 1.18 bits per heavy atom. The van der Waals surface area contributed by atoms with E-state index < -0.39 is 11.6 Å². The van der Waals surface area contributed by atoms with Crippen molar-refractivity contribution < 1.29 is 13.9 Å². The molecule has 1 aliphatic rings. The molecule has 3 heteroatoms. The predicted molar refractivity (Wildman–Crippen MR) is 62.6 cm³/mol. The van der Waals surface area contributed by atoms with E-state index in [0.717, 1.165) is 25.3 Å². The molecule has 94 valence electrons. The summed E-state index contributed by atoms with van der Waals surface area (Å²) in [5, 5.41) is 9.90. The summed E-state index contributed by atoms with van der Waals surface area (Å²) in [6.07, 6.45) is 2.98. The minimum Gasteiger partial charge on any atom is -0.393 e.